The van der Waals surface area contributed by atoms with Crippen molar-refractivity contribution in [2.24, 2.45) is 23.7 Å². The number of nitrogens with one attached hydrogen (secondary N) is 1. The van der Waals surface area contributed by atoms with Gasteiger partial charge in [-0.05, 0) is 37.3 Å². The number of ether oxygens (including phenoxy) is 1. The van der Waals surface area contributed by atoms with Crippen LogP contribution in [0.2, 0.25) is 0 Å². The summed E-state index contributed by atoms with van der Waals surface area (Å²) in [6.07, 6.45) is 4.65. The number of allylic oxidation sites excluding steroid dienone is 2. The predicted molar refractivity (Wildman–Crippen MR) is 94.8 cm³/mol. The van der Waals surface area contributed by atoms with Crippen molar-refractivity contribution in [1.29, 1.82) is 0 Å². The van der Waals surface area contributed by atoms with Crippen molar-refractivity contribution < 1.29 is 19.4 Å². The van der Waals surface area contributed by atoms with E-state index in [-0.39, 0.29) is 17.7 Å². The Morgan fingerprint density at radius 3 is 2.80 bits per heavy atom. The number of aliphatic carboxylic acids is 1. The van der Waals surface area contributed by atoms with E-state index in [1.54, 1.807) is 0 Å². The molecule has 0 aliphatic heterocycles. The van der Waals surface area contributed by atoms with Gasteiger partial charge in [0.15, 0.2) is 5.13 Å². The summed E-state index contributed by atoms with van der Waals surface area (Å²) in [5, 5.41) is 12.8. The fourth-order valence-electron chi connectivity index (χ4n) is 3.92. The summed E-state index contributed by atoms with van der Waals surface area (Å²) in [6, 6.07) is 5.62. The molecule has 2 bridgehead atoms. The van der Waals surface area contributed by atoms with E-state index in [4.69, 9.17) is 4.74 Å². The number of benzene rings is 1. The third-order valence-electron chi connectivity index (χ3n) is 4.95. The number of rotatable bonds is 5. The van der Waals surface area contributed by atoms with Crippen molar-refractivity contribution in [2.75, 3.05) is 11.9 Å². The van der Waals surface area contributed by atoms with Gasteiger partial charge in [0.25, 0.3) is 0 Å². The van der Waals surface area contributed by atoms with Gasteiger partial charge in [-0.3, -0.25) is 9.59 Å². The van der Waals surface area contributed by atoms with Gasteiger partial charge in [0.1, 0.15) is 5.75 Å². The zero-order chi connectivity index (χ0) is 17.6. The Morgan fingerprint density at radius 2 is 2.08 bits per heavy atom. The Balaban J connectivity index is 1.55. The normalized spacial score (nSPS) is 26.9. The van der Waals surface area contributed by atoms with Crippen LogP contribution in [0.25, 0.3) is 10.2 Å². The first-order valence-corrected chi connectivity index (χ1v) is 9.14. The second-order valence-electron chi connectivity index (χ2n) is 6.41. The molecule has 2 N–H and O–H groups in total. The lowest BCUT2D eigenvalue weighted by Crippen LogP contribution is -2.36. The van der Waals surface area contributed by atoms with E-state index < -0.39 is 17.8 Å². The molecule has 25 heavy (non-hydrogen) atoms. The second-order valence-corrected chi connectivity index (χ2v) is 7.44. The van der Waals surface area contributed by atoms with Gasteiger partial charge in [0, 0.05) is 6.07 Å². The molecule has 0 saturated heterocycles. The lowest BCUT2D eigenvalue weighted by atomic mass is 9.82. The molecule has 2 aliphatic rings. The number of fused-ring (bicyclic) bond motifs is 3. The third kappa shape index (κ3) is 2.78. The maximum atomic E-state index is 12.7. The van der Waals surface area contributed by atoms with Gasteiger partial charge in [-0.25, -0.2) is 4.98 Å². The number of anilines is 1. The van der Waals surface area contributed by atoms with Crippen LogP contribution in [0.1, 0.15) is 13.3 Å². The number of thiazole rings is 1. The molecule has 1 fully saturated rings. The highest BCUT2D eigenvalue weighted by Gasteiger charge is 2.51. The molecule has 4 atom stereocenters. The van der Waals surface area contributed by atoms with Crippen molar-refractivity contribution >= 4 is 38.6 Å². The molecule has 1 saturated carbocycles. The van der Waals surface area contributed by atoms with Crippen LogP contribution in [0.15, 0.2) is 30.4 Å². The van der Waals surface area contributed by atoms with Crippen LogP contribution in [0, 0.1) is 23.7 Å². The highest BCUT2D eigenvalue weighted by molar-refractivity contribution is 7.22. The van der Waals surface area contributed by atoms with E-state index in [1.165, 1.54) is 11.3 Å². The third-order valence-corrected chi connectivity index (χ3v) is 5.90. The number of aromatic nitrogens is 1. The van der Waals surface area contributed by atoms with E-state index in [0.717, 1.165) is 22.4 Å². The maximum Gasteiger partial charge on any atom is 0.307 e. The first kappa shape index (κ1) is 16.1. The van der Waals surface area contributed by atoms with Crippen LogP contribution < -0.4 is 10.1 Å². The van der Waals surface area contributed by atoms with Crippen LogP contribution in [0.4, 0.5) is 5.13 Å². The average Bonchev–Trinajstić information content (AvgIpc) is 3.27. The lowest BCUT2D eigenvalue weighted by Gasteiger charge is -2.23. The van der Waals surface area contributed by atoms with Crippen LogP contribution in [-0.2, 0) is 9.59 Å². The van der Waals surface area contributed by atoms with Crippen molar-refractivity contribution in [1.82, 2.24) is 4.98 Å². The summed E-state index contributed by atoms with van der Waals surface area (Å²) >= 11 is 1.38. The first-order valence-electron chi connectivity index (χ1n) is 8.32. The second kappa shape index (κ2) is 6.15. The maximum absolute atomic E-state index is 12.7. The molecule has 1 heterocycles. The molecule has 2 aliphatic carbocycles. The molecule has 1 aromatic heterocycles. The largest absolute Gasteiger partial charge is 0.494 e. The number of carboxylic acid groups (broad SMARTS) is 1. The first-order chi connectivity index (χ1) is 12.1. The summed E-state index contributed by atoms with van der Waals surface area (Å²) in [5.41, 5.74) is 0.758. The Bertz CT molecular complexity index is 875. The minimum Gasteiger partial charge on any atom is -0.494 e. The lowest BCUT2D eigenvalue weighted by molar-refractivity contribution is -0.146. The number of hydrogen-bond acceptors (Lipinski definition) is 5. The van der Waals surface area contributed by atoms with Crippen molar-refractivity contribution in [3.05, 3.63) is 30.4 Å². The number of nitrogens with zero attached hydrogens (tertiary/aromatic N) is 1. The number of carbonyl (C=O) groups is 2. The van der Waals surface area contributed by atoms with E-state index in [2.05, 4.69) is 10.3 Å². The van der Waals surface area contributed by atoms with E-state index in [0.29, 0.717) is 11.7 Å². The van der Waals surface area contributed by atoms with E-state index in [1.807, 2.05) is 37.3 Å². The Kier molecular flexibility index (Phi) is 3.95. The molecule has 1 aromatic carbocycles. The molecule has 4 unspecified atom stereocenters. The fraction of sp³-hybridized carbons (Fsp3) is 0.389. The molecule has 6 nitrogen and oxygen atoms in total. The molecule has 2 aromatic rings. The SMILES string of the molecule is CCOc1ccc2sc(NC(=O)C3C4C=CC(C4)C3C(=O)O)nc2c1. The minimum absolute atomic E-state index is 0.00466. The summed E-state index contributed by atoms with van der Waals surface area (Å²) in [7, 11) is 0. The molecule has 4 rings (SSSR count). The zero-order valence-corrected chi connectivity index (χ0v) is 14.5. The zero-order valence-electron chi connectivity index (χ0n) is 13.6. The molecule has 130 valence electrons. The van der Waals surface area contributed by atoms with Crippen molar-refractivity contribution in [3.8, 4) is 5.75 Å². The number of carbonyl (C=O) groups excluding carboxylic acids is 1. The summed E-state index contributed by atoms with van der Waals surface area (Å²) in [6.45, 7) is 2.49. The summed E-state index contributed by atoms with van der Waals surface area (Å²) < 4.78 is 6.41. The molecule has 0 spiro atoms. The van der Waals surface area contributed by atoms with Gasteiger partial charge < -0.3 is 15.2 Å². The predicted octanol–water partition coefficient (Wildman–Crippen LogP) is 3.16. The van der Waals surface area contributed by atoms with Gasteiger partial charge in [-0.15, -0.1) is 0 Å². The fourth-order valence-corrected chi connectivity index (χ4v) is 4.77. The Hall–Kier alpha value is -2.41. The van der Waals surface area contributed by atoms with Crippen LogP contribution >= 0.6 is 11.3 Å². The number of carboxylic acids is 1. The van der Waals surface area contributed by atoms with Crippen molar-refractivity contribution in [2.45, 2.75) is 13.3 Å². The van der Waals surface area contributed by atoms with Crippen LogP contribution in [0.3, 0.4) is 0 Å². The topological polar surface area (TPSA) is 88.5 Å². The molecular weight excluding hydrogens is 340 g/mol. The molecule has 0 radical (unpaired) electrons. The monoisotopic (exact) mass is 358 g/mol. The van der Waals surface area contributed by atoms with Crippen LogP contribution in [-0.4, -0.2) is 28.6 Å². The minimum atomic E-state index is -0.900. The highest BCUT2D eigenvalue weighted by Crippen LogP contribution is 2.48. The number of hydrogen-bond donors (Lipinski definition) is 2. The number of amides is 1. The van der Waals surface area contributed by atoms with Crippen molar-refractivity contribution in [3.63, 3.8) is 0 Å². The Labute approximate surface area is 148 Å². The van der Waals surface area contributed by atoms with Gasteiger partial charge in [0.2, 0.25) is 5.91 Å². The average molecular weight is 358 g/mol. The van der Waals surface area contributed by atoms with E-state index in [9.17, 15) is 14.7 Å². The molecule has 7 heteroatoms. The van der Waals surface area contributed by atoms with E-state index >= 15 is 0 Å². The van der Waals surface area contributed by atoms with Crippen LogP contribution in [0.5, 0.6) is 5.75 Å². The smallest absolute Gasteiger partial charge is 0.307 e. The molecular formula is C18H18N2O4S. The van der Waals surface area contributed by atoms with Gasteiger partial charge in [-0.2, -0.15) is 0 Å². The van der Waals surface area contributed by atoms with Gasteiger partial charge in [0.05, 0.1) is 28.7 Å². The standard InChI is InChI=1S/C18H18N2O4S/c1-2-24-11-5-6-13-12(8-11)19-18(25-13)20-16(21)14-9-3-4-10(7-9)15(14)17(22)23/h3-6,8-10,14-15H,2,7H2,1H3,(H,22,23)(H,19,20,21). The van der Waals surface area contributed by atoms with Gasteiger partial charge >= 0.3 is 5.97 Å². The Morgan fingerprint density at radius 1 is 1.32 bits per heavy atom. The quantitative estimate of drug-likeness (QED) is 0.802. The van der Waals surface area contributed by atoms with Gasteiger partial charge in [-0.1, -0.05) is 23.5 Å². The summed E-state index contributed by atoms with van der Waals surface area (Å²) in [4.78, 5) is 28.7. The summed E-state index contributed by atoms with van der Waals surface area (Å²) in [5.74, 6) is -1.63. The highest BCUT2D eigenvalue weighted by atomic mass is 32.1. The molecule has 1 amide bonds.